The van der Waals surface area contributed by atoms with Crippen molar-refractivity contribution in [2.75, 3.05) is 7.11 Å². The molecule has 0 atom stereocenters. The summed E-state index contributed by atoms with van der Waals surface area (Å²) < 4.78 is 9.54. The van der Waals surface area contributed by atoms with Crippen LogP contribution in [0.1, 0.15) is 33.0 Å². The van der Waals surface area contributed by atoms with E-state index in [0.717, 1.165) is 40.2 Å². The van der Waals surface area contributed by atoms with Crippen molar-refractivity contribution in [1.29, 1.82) is 0 Å². The van der Waals surface area contributed by atoms with Crippen LogP contribution in [0.2, 0.25) is 0 Å². The van der Waals surface area contributed by atoms with Gasteiger partial charge in [0, 0.05) is 29.9 Å². The number of rotatable bonds is 6. The number of methoxy groups -OCH3 is 1. The smallest absolute Gasteiger partial charge is 0.356 e. The normalized spacial score (nSPS) is 11.1. The zero-order valence-electron chi connectivity index (χ0n) is 19.7. The standard InChI is InChI=1S/C29H27N3O2/c1-20-14-15-26(31(20)18-22-10-6-4-7-11-22)28-24-16-21(2)32(19-23-12-8-5-9-13-23)27(24)17-25(30-28)29(33)34-3/h4-17H,18-19H2,1-3H3. The van der Waals surface area contributed by atoms with Crippen LogP contribution in [0.3, 0.4) is 0 Å². The Bertz CT molecular complexity index is 1460. The van der Waals surface area contributed by atoms with Crippen LogP contribution in [0.5, 0.6) is 0 Å². The summed E-state index contributed by atoms with van der Waals surface area (Å²) >= 11 is 0. The number of benzene rings is 2. The van der Waals surface area contributed by atoms with Crippen molar-refractivity contribution >= 4 is 16.9 Å². The molecule has 0 bridgehead atoms. The third-order valence-corrected chi connectivity index (χ3v) is 6.31. The fourth-order valence-electron chi connectivity index (χ4n) is 4.52. The lowest BCUT2D eigenvalue weighted by atomic mass is 10.1. The molecule has 0 saturated carbocycles. The molecule has 0 radical (unpaired) electrons. The Balaban J connectivity index is 1.70. The summed E-state index contributed by atoms with van der Waals surface area (Å²) in [6.45, 7) is 5.63. The maximum absolute atomic E-state index is 12.6. The first-order valence-electron chi connectivity index (χ1n) is 11.4. The molecule has 0 aliphatic carbocycles. The Hall–Kier alpha value is -4.12. The second kappa shape index (κ2) is 9.02. The number of aryl methyl sites for hydroxylation is 2. The number of hydrogen-bond acceptors (Lipinski definition) is 3. The Morgan fingerprint density at radius 1 is 0.794 bits per heavy atom. The summed E-state index contributed by atoms with van der Waals surface area (Å²) in [6.07, 6.45) is 0. The van der Waals surface area contributed by atoms with Gasteiger partial charge in [0.2, 0.25) is 0 Å². The molecule has 170 valence electrons. The number of hydrogen-bond donors (Lipinski definition) is 0. The van der Waals surface area contributed by atoms with Crippen LogP contribution < -0.4 is 0 Å². The van der Waals surface area contributed by atoms with Crippen LogP contribution in [-0.4, -0.2) is 27.2 Å². The summed E-state index contributed by atoms with van der Waals surface area (Å²) in [5, 5.41) is 1.02. The average Bonchev–Trinajstić information content (AvgIpc) is 3.38. The molecular formula is C29H27N3O2. The number of pyridine rings is 1. The van der Waals surface area contributed by atoms with E-state index < -0.39 is 5.97 Å². The zero-order valence-corrected chi connectivity index (χ0v) is 19.7. The molecule has 3 aromatic heterocycles. The molecule has 5 aromatic rings. The van der Waals surface area contributed by atoms with Gasteiger partial charge in [0.25, 0.3) is 0 Å². The van der Waals surface area contributed by atoms with Crippen molar-refractivity contribution in [2.24, 2.45) is 0 Å². The van der Waals surface area contributed by atoms with Crippen LogP contribution in [0.4, 0.5) is 0 Å². The molecule has 0 spiro atoms. The molecule has 0 amide bonds. The predicted molar refractivity (Wildman–Crippen MR) is 135 cm³/mol. The molecule has 0 N–H and O–H groups in total. The molecule has 2 aromatic carbocycles. The molecule has 34 heavy (non-hydrogen) atoms. The van der Waals surface area contributed by atoms with Gasteiger partial charge in [-0.25, -0.2) is 9.78 Å². The van der Waals surface area contributed by atoms with Crippen molar-refractivity contribution < 1.29 is 9.53 Å². The highest BCUT2D eigenvalue weighted by atomic mass is 16.5. The van der Waals surface area contributed by atoms with Gasteiger partial charge in [-0.2, -0.15) is 0 Å². The molecule has 5 rings (SSSR count). The van der Waals surface area contributed by atoms with E-state index in [9.17, 15) is 4.79 Å². The van der Waals surface area contributed by atoms with Gasteiger partial charge in [0.15, 0.2) is 5.69 Å². The molecule has 0 saturated heterocycles. The van der Waals surface area contributed by atoms with Crippen molar-refractivity contribution in [3.8, 4) is 11.4 Å². The van der Waals surface area contributed by atoms with Gasteiger partial charge in [-0.1, -0.05) is 60.7 Å². The van der Waals surface area contributed by atoms with Crippen LogP contribution in [0.15, 0.2) is 84.9 Å². The Kier molecular flexibility index (Phi) is 5.76. The zero-order chi connectivity index (χ0) is 23.7. The summed E-state index contributed by atoms with van der Waals surface area (Å²) in [6, 6.07) is 28.9. The maximum atomic E-state index is 12.6. The van der Waals surface area contributed by atoms with Crippen LogP contribution in [0, 0.1) is 13.8 Å². The van der Waals surface area contributed by atoms with Gasteiger partial charge < -0.3 is 13.9 Å². The molecule has 0 unspecified atom stereocenters. The number of carbonyl (C=O) groups is 1. The minimum atomic E-state index is -0.439. The lowest BCUT2D eigenvalue weighted by Gasteiger charge is -2.14. The Morgan fingerprint density at radius 2 is 1.41 bits per heavy atom. The Morgan fingerprint density at radius 3 is 2.03 bits per heavy atom. The van der Waals surface area contributed by atoms with Crippen molar-refractivity contribution in [3.05, 3.63) is 113 Å². The lowest BCUT2D eigenvalue weighted by Crippen LogP contribution is -2.09. The number of carbonyl (C=O) groups excluding carboxylic acids is 1. The van der Waals surface area contributed by atoms with Crippen LogP contribution >= 0.6 is 0 Å². The highest BCUT2D eigenvalue weighted by Crippen LogP contribution is 2.33. The largest absolute Gasteiger partial charge is 0.464 e. The first-order valence-corrected chi connectivity index (χ1v) is 11.4. The predicted octanol–water partition coefficient (Wildman–Crippen LogP) is 6.00. The number of ether oxygens (including phenoxy) is 1. The van der Waals surface area contributed by atoms with Gasteiger partial charge >= 0.3 is 5.97 Å². The average molecular weight is 450 g/mol. The second-order valence-electron chi connectivity index (χ2n) is 8.57. The summed E-state index contributed by atoms with van der Waals surface area (Å²) in [4.78, 5) is 17.4. The number of nitrogens with zero attached hydrogens (tertiary/aromatic N) is 3. The van der Waals surface area contributed by atoms with Crippen LogP contribution in [-0.2, 0) is 17.8 Å². The van der Waals surface area contributed by atoms with Gasteiger partial charge in [-0.3, -0.25) is 0 Å². The van der Waals surface area contributed by atoms with Gasteiger partial charge in [-0.05, 0) is 49.2 Å². The number of esters is 1. The van der Waals surface area contributed by atoms with Gasteiger partial charge in [0.1, 0.15) is 0 Å². The van der Waals surface area contributed by atoms with Gasteiger partial charge in [-0.15, -0.1) is 0 Å². The minimum absolute atomic E-state index is 0.308. The second-order valence-corrected chi connectivity index (χ2v) is 8.57. The monoisotopic (exact) mass is 449 g/mol. The molecular weight excluding hydrogens is 422 g/mol. The van der Waals surface area contributed by atoms with E-state index in [1.807, 2.05) is 30.3 Å². The molecule has 5 nitrogen and oxygen atoms in total. The van der Waals surface area contributed by atoms with E-state index in [1.165, 1.54) is 18.2 Å². The third kappa shape index (κ3) is 4.01. The fraction of sp³-hybridized carbons (Fsp3) is 0.172. The van der Waals surface area contributed by atoms with Crippen molar-refractivity contribution in [3.63, 3.8) is 0 Å². The van der Waals surface area contributed by atoms with E-state index in [0.29, 0.717) is 12.2 Å². The lowest BCUT2D eigenvalue weighted by molar-refractivity contribution is 0.0594. The topological polar surface area (TPSA) is 49.0 Å². The quantitative estimate of drug-likeness (QED) is 0.299. The van der Waals surface area contributed by atoms with Crippen molar-refractivity contribution in [1.82, 2.24) is 14.1 Å². The van der Waals surface area contributed by atoms with E-state index >= 15 is 0 Å². The molecule has 3 heterocycles. The van der Waals surface area contributed by atoms with E-state index in [2.05, 4.69) is 77.6 Å². The summed E-state index contributed by atoms with van der Waals surface area (Å²) in [5.74, 6) is -0.439. The van der Waals surface area contributed by atoms with Crippen molar-refractivity contribution in [2.45, 2.75) is 26.9 Å². The minimum Gasteiger partial charge on any atom is -0.464 e. The first kappa shape index (κ1) is 21.7. The van der Waals surface area contributed by atoms with Crippen LogP contribution in [0.25, 0.3) is 22.3 Å². The molecule has 0 aliphatic rings. The summed E-state index contributed by atoms with van der Waals surface area (Å²) in [7, 11) is 1.39. The molecule has 0 fully saturated rings. The fourth-order valence-corrected chi connectivity index (χ4v) is 4.52. The molecule has 5 heteroatoms. The van der Waals surface area contributed by atoms with E-state index in [1.54, 1.807) is 0 Å². The number of fused-ring (bicyclic) bond motifs is 1. The highest BCUT2D eigenvalue weighted by molar-refractivity contribution is 5.99. The SMILES string of the molecule is COC(=O)c1cc2c(cc(C)n2Cc2ccccc2)c(-c2ccc(C)n2Cc2ccccc2)n1. The van der Waals surface area contributed by atoms with Gasteiger partial charge in [0.05, 0.1) is 24.0 Å². The summed E-state index contributed by atoms with van der Waals surface area (Å²) in [5.41, 5.74) is 7.70. The highest BCUT2D eigenvalue weighted by Gasteiger charge is 2.20. The third-order valence-electron chi connectivity index (χ3n) is 6.31. The molecule has 0 aliphatic heterocycles. The first-order chi connectivity index (χ1) is 16.5. The van der Waals surface area contributed by atoms with E-state index in [4.69, 9.17) is 9.72 Å². The van der Waals surface area contributed by atoms with E-state index in [-0.39, 0.29) is 0 Å². The maximum Gasteiger partial charge on any atom is 0.356 e. The Labute approximate surface area is 199 Å². The number of aromatic nitrogens is 3.